The Hall–Kier alpha value is -5.76. The molecule has 9 aromatic carbocycles. The molecule has 1 heteroatoms. The summed E-state index contributed by atoms with van der Waals surface area (Å²) in [4.78, 5) is 0. The summed E-state index contributed by atoms with van der Waals surface area (Å²) in [6.45, 7) is 0. The van der Waals surface area contributed by atoms with Gasteiger partial charge in [0.15, 0.2) is 0 Å². The Labute approximate surface area is 277 Å². The molecule has 0 aromatic heterocycles. The lowest BCUT2D eigenvalue weighted by molar-refractivity contribution is 1.63. The number of hydrogen-bond acceptors (Lipinski definition) is 0. The average Bonchev–Trinajstić information content (AvgIpc) is 3.14. The standard InChI is InChI=1S/C46H30Si/c1-2-18-37(19-3-1)47-38-26-27-43-44(30-38)46(40-23-11-15-32-13-6-7-20-39(32)40)42-22-9-8-21-41(42)45(43)36-17-10-16-34(29-36)35-25-24-31-12-4-5-14-33(31)28-35/h1-30H. The SMILES string of the molecule is c1ccc([Si]c2ccc3c(-c4cccc(-c5ccc6ccccc6c5)c4)c4ccccc4c(-c4cccc5ccccc45)c3c2)cc1. The molecule has 2 radical (unpaired) electrons. The van der Waals surface area contributed by atoms with E-state index in [0.717, 1.165) is 0 Å². The van der Waals surface area contributed by atoms with E-state index in [9.17, 15) is 0 Å². The van der Waals surface area contributed by atoms with Crippen molar-refractivity contribution in [2.45, 2.75) is 0 Å². The molecule has 0 aliphatic carbocycles. The van der Waals surface area contributed by atoms with Gasteiger partial charge in [-0.2, -0.15) is 0 Å². The zero-order valence-corrected chi connectivity index (χ0v) is 26.8. The van der Waals surface area contributed by atoms with Crippen molar-refractivity contribution >= 4 is 63.0 Å². The van der Waals surface area contributed by atoms with Crippen LogP contribution < -0.4 is 10.4 Å². The Kier molecular flexibility index (Phi) is 6.77. The van der Waals surface area contributed by atoms with Crippen molar-refractivity contribution in [3.05, 3.63) is 182 Å². The maximum absolute atomic E-state index is 2.46. The molecule has 218 valence electrons. The van der Waals surface area contributed by atoms with Crippen molar-refractivity contribution in [3.63, 3.8) is 0 Å². The molecule has 0 fully saturated rings. The zero-order valence-electron chi connectivity index (χ0n) is 25.8. The molecule has 0 amide bonds. The fraction of sp³-hybridized carbons (Fsp3) is 0. The topological polar surface area (TPSA) is 0 Å². The molecule has 47 heavy (non-hydrogen) atoms. The van der Waals surface area contributed by atoms with Crippen LogP contribution in [-0.4, -0.2) is 9.52 Å². The smallest absolute Gasteiger partial charge is 0.0631 e. The lowest BCUT2D eigenvalue weighted by atomic mass is 9.84. The predicted octanol–water partition coefficient (Wildman–Crippen LogP) is 11.0. The van der Waals surface area contributed by atoms with Crippen LogP contribution in [0.3, 0.4) is 0 Å². The molecular formula is C46H30Si. The van der Waals surface area contributed by atoms with E-state index in [4.69, 9.17) is 0 Å². The van der Waals surface area contributed by atoms with Crippen molar-refractivity contribution in [2.75, 3.05) is 0 Å². The molecule has 9 aromatic rings. The maximum atomic E-state index is 2.46. The summed E-state index contributed by atoms with van der Waals surface area (Å²) in [7, 11) is 0.586. The zero-order chi connectivity index (χ0) is 31.2. The minimum Gasteiger partial charge on any atom is -0.0631 e. The largest absolute Gasteiger partial charge is 0.121 e. The first-order valence-electron chi connectivity index (χ1n) is 16.2. The van der Waals surface area contributed by atoms with E-state index in [0.29, 0.717) is 9.52 Å². The van der Waals surface area contributed by atoms with Gasteiger partial charge >= 0.3 is 0 Å². The molecule has 0 atom stereocenters. The van der Waals surface area contributed by atoms with E-state index in [1.54, 1.807) is 0 Å². The first kappa shape index (κ1) is 27.5. The monoisotopic (exact) mass is 610 g/mol. The minimum atomic E-state index is 0.586. The molecule has 0 N–H and O–H groups in total. The first-order chi connectivity index (χ1) is 23.3. The normalized spacial score (nSPS) is 11.5. The van der Waals surface area contributed by atoms with Crippen LogP contribution in [0.4, 0.5) is 0 Å². The summed E-state index contributed by atoms with van der Waals surface area (Å²) in [6.07, 6.45) is 0. The summed E-state index contributed by atoms with van der Waals surface area (Å²) in [5.41, 5.74) is 7.57. The van der Waals surface area contributed by atoms with E-state index in [1.807, 2.05) is 0 Å². The fourth-order valence-electron chi connectivity index (χ4n) is 7.21. The lowest BCUT2D eigenvalue weighted by Gasteiger charge is -2.20. The van der Waals surface area contributed by atoms with Crippen molar-refractivity contribution in [1.82, 2.24) is 0 Å². The van der Waals surface area contributed by atoms with Crippen LogP contribution in [0, 0.1) is 0 Å². The van der Waals surface area contributed by atoms with Gasteiger partial charge in [0.25, 0.3) is 0 Å². The van der Waals surface area contributed by atoms with E-state index in [-0.39, 0.29) is 0 Å². The average molecular weight is 611 g/mol. The van der Waals surface area contributed by atoms with Gasteiger partial charge in [-0.05, 0) is 88.6 Å². The summed E-state index contributed by atoms with van der Waals surface area (Å²) in [6, 6.07) is 67.0. The van der Waals surface area contributed by atoms with Crippen molar-refractivity contribution < 1.29 is 0 Å². The number of rotatable bonds is 5. The van der Waals surface area contributed by atoms with Crippen LogP contribution in [0.25, 0.3) is 76.5 Å². The quantitative estimate of drug-likeness (QED) is 0.134. The van der Waals surface area contributed by atoms with Gasteiger partial charge in [-0.1, -0.05) is 180 Å². The third-order valence-electron chi connectivity index (χ3n) is 9.38. The van der Waals surface area contributed by atoms with Crippen molar-refractivity contribution in [2.24, 2.45) is 0 Å². The molecule has 0 saturated heterocycles. The van der Waals surface area contributed by atoms with E-state index in [1.165, 1.54) is 86.8 Å². The van der Waals surface area contributed by atoms with Gasteiger partial charge in [-0.25, -0.2) is 0 Å². The highest BCUT2D eigenvalue weighted by Crippen LogP contribution is 2.45. The summed E-state index contributed by atoms with van der Waals surface area (Å²) in [5, 5.41) is 12.9. The molecule has 0 heterocycles. The van der Waals surface area contributed by atoms with Crippen LogP contribution in [0.5, 0.6) is 0 Å². The third kappa shape index (κ3) is 4.93. The van der Waals surface area contributed by atoms with E-state index in [2.05, 4.69) is 182 Å². The van der Waals surface area contributed by atoms with Crippen LogP contribution in [0.15, 0.2) is 182 Å². The maximum Gasteiger partial charge on any atom is 0.121 e. The van der Waals surface area contributed by atoms with E-state index >= 15 is 0 Å². The summed E-state index contributed by atoms with van der Waals surface area (Å²) >= 11 is 0. The van der Waals surface area contributed by atoms with Crippen molar-refractivity contribution in [1.29, 1.82) is 0 Å². The Balaban J connectivity index is 1.33. The molecule has 0 aliphatic rings. The highest BCUT2D eigenvalue weighted by Gasteiger charge is 2.19. The van der Waals surface area contributed by atoms with Crippen LogP contribution in [0.1, 0.15) is 0 Å². The first-order valence-corrected chi connectivity index (χ1v) is 17.2. The fourth-order valence-corrected chi connectivity index (χ4v) is 8.29. The van der Waals surface area contributed by atoms with Crippen LogP contribution in [-0.2, 0) is 0 Å². The minimum absolute atomic E-state index is 0.586. The summed E-state index contributed by atoms with van der Waals surface area (Å²) < 4.78 is 0. The van der Waals surface area contributed by atoms with Gasteiger partial charge < -0.3 is 0 Å². The second-order valence-corrected chi connectivity index (χ2v) is 13.6. The van der Waals surface area contributed by atoms with Gasteiger partial charge in [0.05, 0.1) is 0 Å². The molecule has 0 bridgehead atoms. The predicted molar refractivity (Wildman–Crippen MR) is 204 cm³/mol. The van der Waals surface area contributed by atoms with Gasteiger partial charge in [-0.3, -0.25) is 0 Å². The second-order valence-electron chi connectivity index (χ2n) is 12.2. The molecule has 0 nitrogen and oxygen atoms in total. The van der Waals surface area contributed by atoms with Crippen LogP contribution in [0.2, 0.25) is 0 Å². The Bertz CT molecular complexity index is 2590. The van der Waals surface area contributed by atoms with Gasteiger partial charge in [0.1, 0.15) is 9.52 Å². The molecule has 9 rings (SSSR count). The number of benzene rings is 9. The van der Waals surface area contributed by atoms with Gasteiger partial charge in [-0.15, -0.1) is 0 Å². The van der Waals surface area contributed by atoms with Gasteiger partial charge in [0.2, 0.25) is 0 Å². The molecule has 0 saturated carbocycles. The van der Waals surface area contributed by atoms with E-state index < -0.39 is 0 Å². The summed E-state index contributed by atoms with van der Waals surface area (Å²) in [5.74, 6) is 0. The lowest BCUT2D eigenvalue weighted by Crippen LogP contribution is -2.26. The Morgan fingerprint density at radius 1 is 0.277 bits per heavy atom. The molecular weight excluding hydrogens is 581 g/mol. The van der Waals surface area contributed by atoms with Crippen LogP contribution >= 0.6 is 0 Å². The molecule has 0 aliphatic heterocycles. The Morgan fingerprint density at radius 3 is 1.74 bits per heavy atom. The van der Waals surface area contributed by atoms with Gasteiger partial charge in [0, 0.05) is 0 Å². The third-order valence-corrected chi connectivity index (χ3v) is 10.6. The second kappa shape index (κ2) is 11.5. The number of fused-ring (bicyclic) bond motifs is 4. The van der Waals surface area contributed by atoms with Crippen molar-refractivity contribution in [3.8, 4) is 33.4 Å². The Morgan fingerprint density at radius 2 is 0.894 bits per heavy atom. The molecule has 0 unspecified atom stereocenters. The number of hydrogen-bond donors (Lipinski definition) is 0. The highest BCUT2D eigenvalue weighted by atomic mass is 28.2. The highest BCUT2D eigenvalue weighted by molar-refractivity contribution is 6.67. The molecule has 0 spiro atoms.